The highest BCUT2D eigenvalue weighted by molar-refractivity contribution is 5.32. The highest BCUT2D eigenvalue weighted by Gasteiger charge is 2.10. The Morgan fingerprint density at radius 2 is 1.86 bits per heavy atom. The number of aliphatic hydroxyl groups is 2. The molecule has 2 N–H and O–H groups in total. The molecule has 0 aliphatic rings. The van der Waals surface area contributed by atoms with Crippen LogP contribution in [0.2, 0.25) is 0 Å². The van der Waals surface area contributed by atoms with Crippen molar-refractivity contribution in [2.75, 3.05) is 18.4 Å². The van der Waals surface area contributed by atoms with Crippen molar-refractivity contribution in [1.29, 1.82) is 0 Å². The Bertz CT molecular complexity index is 310. The van der Waals surface area contributed by atoms with E-state index in [1.54, 1.807) is 0 Å². The van der Waals surface area contributed by atoms with Crippen LogP contribution in [0.3, 0.4) is 0 Å². The second kappa shape index (κ2) is 4.44. The number of aromatic nitrogens is 2. The maximum Gasteiger partial charge on any atom is 0.305 e. The second-order valence-corrected chi connectivity index (χ2v) is 2.32. The van der Waals surface area contributed by atoms with E-state index in [9.17, 15) is 10.1 Å². The fourth-order valence-electron chi connectivity index (χ4n) is 0.743. The Hall–Kier alpha value is -1.80. The molecule has 14 heavy (non-hydrogen) atoms. The summed E-state index contributed by atoms with van der Waals surface area (Å²) < 4.78 is 0. The van der Waals surface area contributed by atoms with Gasteiger partial charge in [0.15, 0.2) is 0 Å². The molecule has 0 fully saturated rings. The van der Waals surface area contributed by atoms with Gasteiger partial charge < -0.3 is 10.2 Å². The third kappa shape index (κ3) is 2.12. The molecular weight excluding hydrogens is 192 g/mol. The maximum absolute atomic E-state index is 10.2. The monoisotopic (exact) mass is 200 g/mol. The van der Waals surface area contributed by atoms with Crippen molar-refractivity contribution >= 4 is 11.6 Å². The van der Waals surface area contributed by atoms with Crippen LogP contribution in [0.25, 0.3) is 0 Å². The molecule has 1 aromatic heterocycles. The fourth-order valence-corrected chi connectivity index (χ4v) is 0.743. The Morgan fingerprint density at radius 1 is 1.36 bits per heavy atom. The SMILES string of the molecule is O=[N+]([O-])c1cnc(N(CO)CO)nc1. The summed E-state index contributed by atoms with van der Waals surface area (Å²) in [5, 5.41) is 27.7. The third-order valence-electron chi connectivity index (χ3n) is 1.46. The smallest absolute Gasteiger partial charge is 0.305 e. The summed E-state index contributed by atoms with van der Waals surface area (Å²) >= 11 is 0. The van der Waals surface area contributed by atoms with Crippen molar-refractivity contribution < 1.29 is 15.1 Å². The largest absolute Gasteiger partial charge is 0.376 e. The molecule has 0 aliphatic carbocycles. The Morgan fingerprint density at radius 3 is 2.21 bits per heavy atom. The molecule has 0 unspecified atom stereocenters. The molecule has 0 saturated heterocycles. The average Bonchev–Trinajstić information content (AvgIpc) is 2.20. The van der Waals surface area contributed by atoms with Crippen LogP contribution in [-0.2, 0) is 0 Å². The summed E-state index contributed by atoms with van der Waals surface area (Å²) in [5.74, 6) is 0.0283. The van der Waals surface area contributed by atoms with E-state index in [1.807, 2.05) is 0 Å². The molecule has 0 atom stereocenters. The zero-order chi connectivity index (χ0) is 10.6. The van der Waals surface area contributed by atoms with Gasteiger partial charge in [0.1, 0.15) is 25.9 Å². The summed E-state index contributed by atoms with van der Waals surface area (Å²) in [6.07, 6.45) is 2.00. The van der Waals surface area contributed by atoms with Gasteiger partial charge in [-0.2, -0.15) is 0 Å². The summed E-state index contributed by atoms with van der Waals surface area (Å²) in [6, 6.07) is 0. The van der Waals surface area contributed by atoms with Crippen molar-refractivity contribution in [3.8, 4) is 0 Å². The van der Waals surface area contributed by atoms with Crippen LogP contribution in [0, 0.1) is 10.1 Å². The first-order chi connectivity index (χ1) is 6.69. The van der Waals surface area contributed by atoms with E-state index in [0.29, 0.717) is 0 Å². The quantitative estimate of drug-likeness (QED) is 0.367. The van der Waals surface area contributed by atoms with Crippen LogP contribution in [0.5, 0.6) is 0 Å². The minimum atomic E-state index is -0.633. The lowest BCUT2D eigenvalue weighted by Crippen LogP contribution is -2.26. The van der Waals surface area contributed by atoms with Crippen LogP contribution in [0.1, 0.15) is 0 Å². The van der Waals surface area contributed by atoms with E-state index < -0.39 is 18.4 Å². The van der Waals surface area contributed by atoms with Gasteiger partial charge in [-0.25, -0.2) is 9.97 Å². The fraction of sp³-hybridized carbons (Fsp3) is 0.333. The highest BCUT2D eigenvalue weighted by Crippen LogP contribution is 2.10. The first-order valence-corrected chi connectivity index (χ1v) is 3.62. The Labute approximate surface area is 78.6 Å². The van der Waals surface area contributed by atoms with Crippen molar-refractivity contribution in [3.05, 3.63) is 22.5 Å². The number of anilines is 1. The summed E-state index contributed by atoms with van der Waals surface area (Å²) in [4.78, 5) is 17.8. The zero-order valence-corrected chi connectivity index (χ0v) is 7.07. The molecule has 0 saturated carbocycles. The van der Waals surface area contributed by atoms with Gasteiger partial charge in [-0.1, -0.05) is 0 Å². The van der Waals surface area contributed by atoms with Crippen molar-refractivity contribution in [3.63, 3.8) is 0 Å². The molecule has 0 aromatic carbocycles. The van der Waals surface area contributed by atoms with E-state index in [1.165, 1.54) is 0 Å². The number of aliphatic hydroxyl groups excluding tert-OH is 2. The number of nitro groups is 1. The first kappa shape index (κ1) is 10.3. The number of nitrogens with zero attached hydrogens (tertiary/aromatic N) is 4. The minimum Gasteiger partial charge on any atom is -0.376 e. The third-order valence-corrected chi connectivity index (χ3v) is 1.46. The lowest BCUT2D eigenvalue weighted by atomic mass is 10.5. The number of hydrogen-bond donors (Lipinski definition) is 2. The lowest BCUT2D eigenvalue weighted by molar-refractivity contribution is -0.385. The van der Waals surface area contributed by atoms with Gasteiger partial charge in [0.2, 0.25) is 5.95 Å². The molecule has 1 aromatic rings. The van der Waals surface area contributed by atoms with E-state index >= 15 is 0 Å². The molecular formula is C6H8N4O4. The maximum atomic E-state index is 10.2. The average molecular weight is 200 g/mol. The predicted octanol–water partition coefficient (Wildman–Crippen LogP) is -0.909. The van der Waals surface area contributed by atoms with Gasteiger partial charge in [-0.05, 0) is 0 Å². The molecule has 76 valence electrons. The molecule has 0 radical (unpaired) electrons. The second-order valence-electron chi connectivity index (χ2n) is 2.32. The van der Waals surface area contributed by atoms with Crippen LogP contribution in [0.4, 0.5) is 11.6 Å². The van der Waals surface area contributed by atoms with Crippen molar-refractivity contribution in [2.24, 2.45) is 0 Å². The van der Waals surface area contributed by atoms with Gasteiger partial charge in [0.05, 0.1) is 4.92 Å². The zero-order valence-electron chi connectivity index (χ0n) is 7.07. The van der Waals surface area contributed by atoms with Gasteiger partial charge >= 0.3 is 5.69 Å². The number of hydrogen-bond acceptors (Lipinski definition) is 7. The van der Waals surface area contributed by atoms with Gasteiger partial charge in [0, 0.05) is 0 Å². The van der Waals surface area contributed by atoms with Crippen LogP contribution in [0.15, 0.2) is 12.4 Å². The molecule has 8 heteroatoms. The normalized spacial score (nSPS) is 9.86. The summed E-state index contributed by atoms with van der Waals surface area (Å²) in [5.41, 5.74) is -0.246. The molecule has 0 amide bonds. The van der Waals surface area contributed by atoms with Crippen molar-refractivity contribution in [1.82, 2.24) is 9.97 Å². The standard InChI is InChI=1S/C6H8N4O4/c11-3-9(4-12)6-7-1-5(2-8-6)10(13)14/h1-2,11-12H,3-4H2. The number of rotatable bonds is 4. The molecule has 1 heterocycles. The highest BCUT2D eigenvalue weighted by atomic mass is 16.6. The van der Waals surface area contributed by atoms with E-state index in [4.69, 9.17) is 10.2 Å². The van der Waals surface area contributed by atoms with Crippen molar-refractivity contribution in [2.45, 2.75) is 0 Å². The molecule has 1 rings (SSSR count). The van der Waals surface area contributed by atoms with E-state index in [0.717, 1.165) is 17.3 Å². The molecule has 8 nitrogen and oxygen atoms in total. The van der Waals surface area contributed by atoms with Crippen LogP contribution >= 0.6 is 0 Å². The van der Waals surface area contributed by atoms with Gasteiger partial charge in [0.25, 0.3) is 0 Å². The van der Waals surface area contributed by atoms with E-state index in [-0.39, 0.29) is 11.6 Å². The Kier molecular flexibility index (Phi) is 3.26. The van der Waals surface area contributed by atoms with E-state index in [2.05, 4.69) is 9.97 Å². The topological polar surface area (TPSA) is 113 Å². The van der Waals surface area contributed by atoms with Gasteiger partial charge in [-0.15, -0.1) is 0 Å². The predicted molar refractivity (Wildman–Crippen MR) is 45.3 cm³/mol. The Balaban J connectivity index is 2.87. The van der Waals surface area contributed by atoms with Gasteiger partial charge in [-0.3, -0.25) is 15.0 Å². The lowest BCUT2D eigenvalue weighted by Gasteiger charge is -2.15. The van der Waals surface area contributed by atoms with Crippen LogP contribution in [-0.4, -0.2) is 38.6 Å². The molecule has 0 spiro atoms. The molecule has 0 bridgehead atoms. The molecule has 0 aliphatic heterocycles. The summed E-state index contributed by atoms with van der Waals surface area (Å²) in [6.45, 7) is -0.928. The summed E-state index contributed by atoms with van der Waals surface area (Å²) in [7, 11) is 0. The minimum absolute atomic E-state index is 0.0283. The van der Waals surface area contributed by atoms with Crippen LogP contribution < -0.4 is 4.90 Å². The first-order valence-electron chi connectivity index (χ1n) is 3.62.